The first-order valence-electron chi connectivity index (χ1n) is 3.85. The van der Waals surface area contributed by atoms with E-state index in [1.807, 2.05) is 0 Å². The van der Waals surface area contributed by atoms with Gasteiger partial charge in [-0.2, -0.15) is 4.89 Å². The number of hydrogen-bond donors (Lipinski definition) is 2. The van der Waals surface area contributed by atoms with E-state index in [-0.39, 0.29) is 12.0 Å². The van der Waals surface area contributed by atoms with Gasteiger partial charge in [-0.1, -0.05) is 0 Å². The van der Waals surface area contributed by atoms with Crippen molar-refractivity contribution in [3.8, 4) is 0 Å². The van der Waals surface area contributed by atoms with E-state index in [0.29, 0.717) is 0 Å². The van der Waals surface area contributed by atoms with Crippen LogP contribution in [0.15, 0.2) is 18.2 Å². The number of nitrogens with two attached hydrogens (primary N) is 1. The predicted molar refractivity (Wildman–Crippen MR) is 47.9 cm³/mol. The van der Waals surface area contributed by atoms with Crippen molar-refractivity contribution in [3.05, 3.63) is 35.4 Å². The Labute approximate surface area is 80.4 Å². The summed E-state index contributed by atoms with van der Waals surface area (Å²) in [6.07, 6.45) is -0.0274. The van der Waals surface area contributed by atoms with E-state index in [4.69, 9.17) is 10.6 Å². The average molecular weight is 220 g/mol. The van der Waals surface area contributed by atoms with Crippen LogP contribution in [0.4, 0.5) is 8.78 Å². The molecule has 0 heterocycles. The fourth-order valence-corrected chi connectivity index (χ4v) is 1.42. The van der Waals surface area contributed by atoms with Gasteiger partial charge in [-0.15, -0.1) is 0 Å². The van der Waals surface area contributed by atoms with Crippen molar-refractivity contribution in [1.82, 2.24) is 0 Å². The Morgan fingerprint density at radius 2 is 1.86 bits per heavy atom. The van der Waals surface area contributed by atoms with Crippen LogP contribution in [-0.2, 0) is 11.0 Å². The second-order valence-corrected chi connectivity index (χ2v) is 4.12. The largest absolute Gasteiger partial charge is 0.524 e. The van der Waals surface area contributed by atoms with Gasteiger partial charge in [0.1, 0.15) is 11.6 Å². The maximum atomic E-state index is 12.7. The second kappa shape index (κ2) is 4.55. The highest BCUT2D eigenvalue weighted by Crippen LogP contribution is 2.22. The topological polar surface area (TPSA) is 63.3 Å². The zero-order chi connectivity index (χ0) is 10.7. The summed E-state index contributed by atoms with van der Waals surface area (Å²) in [5.41, 5.74) is 5.54. The highest BCUT2D eigenvalue weighted by Gasteiger charge is 2.24. The first kappa shape index (κ1) is 11.2. The van der Waals surface area contributed by atoms with Crippen molar-refractivity contribution >= 4 is 8.03 Å². The van der Waals surface area contributed by atoms with Gasteiger partial charge in [0.15, 0.2) is 0 Å². The first-order chi connectivity index (χ1) is 6.49. The Balaban J connectivity index is 2.81. The van der Waals surface area contributed by atoms with Crippen LogP contribution >= 0.6 is 8.03 Å². The molecule has 6 heteroatoms. The van der Waals surface area contributed by atoms with Gasteiger partial charge >= 0.3 is 8.03 Å². The van der Waals surface area contributed by atoms with E-state index >= 15 is 0 Å². The van der Waals surface area contributed by atoms with Gasteiger partial charge in [0.2, 0.25) is 5.78 Å². The monoisotopic (exact) mass is 220 g/mol. The molecule has 0 fully saturated rings. The van der Waals surface area contributed by atoms with Crippen LogP contribution in [0.2, 0.25) is 0 Å². The van der Waals surface area contributed by atoms with Crippen LogP contribution in [0, 0.1) is 11.6 Å². The Kier molecular flexibility index (Phi) is 3.63. The zero-order valence-electron chi connectivity index (χ0n) is 7.15. The minimum absolute atomic E-state index is 0.0274. The third kappa shape index (κ3) is 3.10. The van der Waals surface area contributed by atoms with Crippen LogP contribution in [0.3, 0.4) is 0 Å². The molecular weight excluding hydrogens is 211 g/mol. The highest BCUT2D eigenvalue weighted by atomic mass is 31.1. The van der Waals surface area contributed by atoms with E-state index in [2.05, 4.69) is 0 Å². The molecule has 0 saturated carbocycles. The second-order valence-electron chi connectivity index (χ2n) is 2.85. The molecule has 76 valence electrons. The lowest BCUT2D eigenvalue weighted by molar-refractivity contribution is 0.488. The number of benzene rings is 1. The normalized spacial score (nSPS) is 13.9. The minimum atomic E-state index is -2.52. The van der Waals surface area contributed by atoms with Crippen LogP contribution in [-0.4, -0.2) is 10.7 Å². The van der Waals surface area contributed by atoms with E-state index in [9.17, 15) is 13.3 Å². The molecule has 0 bridgehead atoms. The quantitative estimate of drug-likeness (QED) is 0.759. The maximum Gasteiger partial charge on any atom is 0.524 e. The molecule has 2 atom stereocenters. The SMILES string of the molecule is NC(Cc1cc(F)cc(F)c1)[P+](=O)O. The summed E-state index contributed by atoms with van der Waals surface area (Å²) in [6, 6.07) is 2.90. The van der Waals surface area contributed by atoms with Gasteiger partial charge in [-0.3, -0.25) is 5.73 Å². The molecule has 1 aromatic rings. The Hall–Kier alpha value is -0.900. The van der Waals surface area contributed by atoms with E-state index in [0.717, 1.165) is 18.2 Å². The fourth-order valence-electron chi connectivity index (χ4n) is 1.05. The van der Waals surface area contributed by atoms with E-state index in [1.54, 1.807) is 0 Å². The summed E-state index contributed by atoms with van der Waals surface area (Å²) >= 11 is 0. The highest BCUT2D eigenvalue weighted by molar-refractivity contribution is 7.38. The molecule has 0 spiro atoms. The lowest BCUT2D eigenvalue weighted by atomic mass is 10.1. The van der Waals surface area contributed by atoms with Crippen molar-refractivity contribution in [2.75, 3.05) is 0 Å². The van der Waals surface area contributed by atoms with Crippen molar-refractivity contribution in [3.63, 3.8) is 0 Å². The predicted octanol–water partition coefficient (Wildman–Crippen LogP) is 1.53. The molecule has 3 nitrogen and oxygen atoms in total. The van der Waals surface area contributed by atoms with Crippen molar-refractivity contribution in [2.24, 2.45) is 5.73 Å². The zero-order valence-corrected chi connectivity index (χ0v) is 8.05. The Morgan fingerprint density at radius 1 is 1.36 bits per heavy atom. The van der Waals surface area contributed by atoms with E-state index in [1.165, 1.54) is 0 Å². The standard InChI is InChI=1S/C8H8F2NO2P/c9-6-1-5(2-7(10)4-6)3-8(11)14(12)13/h1-2,4,8H,3,11H2/p+1. The van der Waals surface area contributed by atoms with Gasteiger partial charge in [0.05, 0.1) is 0 Å². The molecular formula is C8H9F2NO2P+. The third-order valence-corrected chi connectivity index (χ3v) is 2.40. The fraction of sp³-hybridized carbons (Fsp3) is 0.250. The third-order valence-electron chi connectivity index (χ3n) is 1.65. The summed E-state index contributed by atoms with van der Waals surface area (Å²) in [4.78, 5) is 8.62. The number of rotatable bonds is 3. The molecule has 1 aromatic carbocycles. The molecule has 0 saturated heterocycles. The lowest BCUT2D eigenvalue weighted by Gasteiger charge is -2.00. The van der Waals surface area contributed by atoms with Crippen LogP contribution < -0.4 is 5.73 Å². The van der Waals surface area contributed by atoms with Crippen molar-refractivity contribution < 1.29 is 18.2 Å². The minimum Gasteiger partial charge on any atom is -0.285 e. The van der Waals surface area contributed by atoms with Crippen LogP contribution in [0.25, 0.3) is 0 Å². The van der Waals surface area contributed by atoms with Crippen LogP contribution in [0.1, 0.15) is 5.56 Å². The summed E-state index contributed by atoms with van der Waals surface area (Å²) in [7, 11) is -2.52. The molecule has 3 N–H and O–H groups in total. The summed E-state index contributed by atoms with van der Waals surface area (Å²) in [6.45, 7) is 0. The molecule has 2 unspecified atom stereocenters. The maximum absolute atomic E-state index is 12.7. The molecule has 0 radical (unpaired) electrons. The van der Waals surface area contributed by atoms with Crippen molar-refractivity contribution in [2.45, 2.75) is 12.2 Å². The van der Waals surface area contributed by atoms with E-state index < -0.39 is 25.4 Å². The van der Waals surface area contributed by atoms with Crippen LogP contribution in [0.5, 0.6) is 0 Å². The van der Waals surface area contributed by atoms with Gasteiger partial charge < -0.3 is 0 Å². The Morgan fingerprint density at radius 3 is 2.29 bits per heavy atom. The molecule has 0 aliphatic carbocycles. The number of hydrogen-bond acceptors (Lipinski definition) is 2. The molecule has 14 heavy (non-hydrogen) atoms. The summed E-state index contributed by atoms with van der Waals surface area (Å²) < 4.78 is 35.8. The molecule has 1 rings (SSSR count). The van der Waals surface area contributed by atoms with Crippen molar-refractivity contribution in [1.29, 1.82) is 0 Å². The number of halogens is 2. The Bertz CT molecular complexity index is 339. The first-order valence-corrected chi connectivity index (χ1v) is 5.13. The molecule has 0 aromatic heterocycles. The summed E-state index contributed by atoms with van der Waals surface area (Å²) in [5, 5.41) is 0. The van der Waals surface area contributed by atoms with Gasteiger partial charge in [-0.05, 0) is 22.3 Å². The molecule has 0 aliphatic rings. The molecule has 0 amide bonds. The van der Waals surface area contributed by atoms with Gasteiger partial charge in [-0.25, -0.2) is 8.78 Å². The average Bonchev–Trinajstić information content (AvgIpc) is 2.01. The van der Waals surface area contributed by atoms with Gasteiger partial charge in [0.25, 0.3) is 0 Å². The summed E-state index contributed by atoms with van der Waals surface area (Å²) in [5.74, 6) is -2.44. The molecule has 0 aliphatic heterocycles. The smallest absolute Gasteiger partial charge is 0.285 e. The van der Waals surface area contributed by atoms with Gasteiger partial charge in [0, 0.05) is 12.5 Å². The lowest BCUT2D eigenvalue weighted by Crippen LogP contribution is -2.18.